The normalized spacial score (nSPS) is 10.5. The van der Waals surface area contributed by atoms with Crippen LogP contribution >= 0.6 is 0 Å². The molecule has 80 valence electrons. The Bertz CT molecular complexity index is 388. The van der Waals surface area contributed by atoms with Crippen molar-refractivity contribution in [3.63, 3.8) is 0 Å². The highest BCUT2D eigenvalue weighted by Crippen LogP contribution is 2.16. The van der Waals surface area contributed by atoms with Crippen molar-refractivity contribution < 1.29 is 9.90 Å². The number of hydrogen-bond donors (Lipinski definition) is 3. The molecule has 0 heterocycles. The van der Waals surface area contributed by atoms with Gasteiger partial charge in [0.05, 0.1) is 6.21 Å². The van der Waals surface area contributed by atoms with Gasteiger partial charge in [0.15, 0.2) is 0 Å². The predicted molar refractivity (Wildman–Crippen MR) is 57.8 cm³/mol. The van der Waals surface area contributed by atoms with E-state index in [-0.39, 0.29) is 5.75 Å². The average Bonchev–Trinajstić information content (AvgIpc) is 2.20. The SMILES string of the molecule is CCc1ccc(O)c(C=NNC(N)=O)c1. The van der Waals surface area contributed by atoms with Crippen LogP contribution in [-0.4, -0.2) is 17.4 Å². The second-order valence-corrected chi connectivity index (χ2v) is 2.98. The molecule has 0 bridgehead atoms. The molecular weight excluding hydrogens is 194 g/mol. The van der Waals surface area contributed by atoms with Crippen molar-refractivity contribution in [3.8, 4) is 5.75 Å². The first-order chi connectivity index (χ1) is 7.13. The van der Waals surface area contributed by atoms with Gasteiger partial charge in [-0.25, -0.2) is 10.2 Å². The van der Waals surface area contributed by atoms with Crippen LogP contribution in [0.5, 0.6) is 5.75 Å². The molecule has 0 radical (unpaired) electrons. The zero-order chi connectivity index (χ0) is 11.3. The van der Waals surface area contributed by atoms with E-state index in [0.717, 1.165) is 12.0 Å². The first kappa shape index (κ1) is 11.0. The van der Waals surface area contributed by atoms with Crippen LogP contribution in [0, 0.1) is 0 Å². The molecule has 1 aromatic rings. The molecule has 5 nitrogen and oxygen atoms in total. The Labute approximate surface area is 87.6 Å². The minimum Gasteiger partial charge on any atom is -0.507 e. The zero-order valence-electron chi connectivity index (χ0n) is 8.40. The van der Waals surface area contributed by atoms with Gasteiger partial charge in [0, 0.05) is 5.56 Å². The van der Waals surface area contributed by atoms with Crippen molar-refractivity contribution in [1.82, 2.24) is 5.43 Å². The van der Waals surface area contributed by atoms with Crippen molar-refractivity contribution in [2.75, 3.05) is 0 Å². The minimum atomic E-state index is -0.739. The summed E-state index contributed by atoms with van der Waals surface area (Å²) < 4.78 is 0. The fourth-order valence-corrected chi connectivity index (χ4v) is 1.09. The van der Waals surface area contributed by atoms with Crippen LogP contribution in [0.25, 0.3) is 0 Å². The number of nitrogens with two attached hydrogens (primary N) is 1. The van der Waals surface area contributed by atoms with Crippen molar-refractivity contribution in [2.45, 2.75) is 13.3 Å². The molecule has 0 unspecified atom stereocenters. The number of phenolic OH excluding ortho intramolecular Hbond substituents is 1. The maximum absolute atomic E-state index is 10.3. The Morgan fingerprint density at radius 2 is 2.40 bits per heavy atom. The third kappa shape index (κ3) is 3.30. The van der Waals surface area contributed by atoms with E-state index in [9.17, 15) is 9.90 Å². The van der Waals surface area contributed by atoms with Gasteiger partial charge in [-0.15, -0.1) is 0 Å². The van der Waals surface area contributed by atoms with Crippen LogP contribution in [-0.2, 0) is 6.42 Å². The second kappa shape index (κ2) is 4.99. The highest BCUT2D eigenvalue weighted by molar-refractivity contribution is 5.84. The van der Waals surface area contributed by atoms with E-state index in [1.165, 1.54) is 6.21 Å². The number of benzene rings is 1. The minimum absolute atomic E-state index is 0.113. The van der Waals surface area contributed by atoms with Crippen LogP contribution in [0.3, 0.4) is 0 Å². The number of amides is 2. The number of carbonyl (C=O) groups is 1. The number of aryl methyl sites for hydroxylation is 1. The van der Waals surface area contributed by atoms with Gasteiger partial charge >= 0.3 is 6.03 Å². The Morgan fingerprint density at radius 3 is 3.00 bits per heavy atom. The number of phenols is 1. The lowest BCUT2D eigenvalue weighted by atomic mass is 10.1. The third-order valence-corrected chi connectivity index (χ3v) is 1.88. The number of urea groups is 1. The fourth-order valence-electron chi connectivity index (χ4n) is 1.09. The first-order valence-electron chi connectivity index (χ1n) is 4.54. The molecule has 0 aliphatic rings. The second-order valence-electron chi connectivity index (χ2n) is 2.98. The lowest BCUT2D eigenvalue weighted by Crippen LogP contribution is -2.24. The highest BCUT2D eigenvalue weighted by atomic mass is 16.3. The molecular formula is C10H13N3O2. The molecule has 0 saturated carbocycles. The quantitative estimate of drug-likeness (QED) is 0.509. The van der Waals surface area contributed by atoms with Crippen LogP contribution in [0.1, 0.15) is 18.1 Å². The third-order valence-electron chi connectivity index (χ3n) is 1.88. The molecule has 5 heteroatoms. The Kier molecular flexibility index (Phi) is 3.68. The first-order valence-corrected chi connectivity index (χ1v) is 4.54. The molecule has 0 saturated heterocycles. The number of aromatic hydroxyl groups is 1. The van der Waals surface area contributed by atoms with E-state index < -0.39 is 6.03 Å². The van der Waals surface area contributed by atoms with Crippen molar-refractivity contribution >= 4 is 12.2 Å². The van der Waals surface area contributed by atoms with Crippen molar-refractivity contribution in [2.24, 2.45) is 10.8 Å². The molecule has 15 heavy (non-hydrogen) atoms. The summed E-state index contributed by atoms with van der Waals surface area (Å²) in [6, 6.07) is 4.47. The summed E-state index contributed by atoms with van der Waals surface area (Å²) in [6.07, 6.45) is 2.21. The van der Waals surface area contributed by atoms with Crippen LogP contribution in [0.15, 0.2) is 23.3 Å². The van der Waals surface area contributed by atoms with Crippen molar-refractivity contribution in [1.29, 1.82) is 0 Å². The maximum atomic E-state index is 10.3. The summed E-state index contributed by atoms with van der Waals surface area (Å²) in [6.45, 7) is 2.01. The van der Waals surface area contributed by atoms with Crippen LogP contribution in [0.4, 0.5) is 4.79 Å². The number of nitrogens with zero attached hydrogens (tertiary/aromatic N) is 1. The summed E-state index contributed by atoms with van der Waals surface area (Å²) in [5, 5.41) is 13.0. The molecule has 4 N–H and O–H groups in total. The van der Waals surface area contributed by atoms with Gasteiger partial charge in [-0.3, -0.25) is 0 Å². The van der Waals surface area contributed by atoms with E-state index in [1.807, 2.05) is 13.0 Å². The Hall–Kier alpha value is -2.04. The number of hydrazone groups is 1. The number of nitrogens with one attached hydrogen (secondary N) is 1. The summed E-state index contributed by atoms with van der Waals surface area (Å²) in [5.41, 5.74) is 8.50. The molecule has 0 aliphatic heterocycles. The fraction of sp³-hybridized carbons (Fsp3) is 0.200. The molecule has 0 fully saturated rings. The van der Waals surface area contributed by atoms with E-state index in [4.69, 9.17) is 5.73 Å². The van der Waals surface area contributed by atoms with Gasteiger partial charge in [0.1, 0.15) is 5.75 Å². The summed E-state index contributed by atoms with van der Waals surface area (Å²) in [7, 11) is 0. The number of hydrogen-bond acceptors (Lipinski definition) is 3. The predicted octanol–water partition coefficient (Wildman–Crippen LogP) is 0.957. The molecule has 2 amide bonds. The molecule has 0 spiro atoms. The van der Waals surface area contributed by atoms with Gasteiger partial charge < -0.3 is 10.8 Å². The van der Waals surface area contributed by atoms with Gasteiger partial charge in [-0.2, -0.15) is 5.10 Å². The number of carbonyl (C=O) groups excluding carboxylic acids is 1. The lowest BCUT2D eigenvalue weighted by molar-refractivity contribution is 0.249. The smallest absolute Gasteiger partial charge is 0.332 e. The summed E-state index contributed by atoms with van der Waals surface area (Å²) in [4.78, 5) is 10.3. The average molecular weight is 207 g/mol. The molecule has 0 atom stereocenters. The van der Waals surface area contributed by atoms with Crippen LogP contribution in [0.2, 0.25) is 0 Å². The van der Waals surface area contributed by atoms with E-state index in [1.54, 1.807) is 12.1 Å². The summed E-state index contributed by atoms with van der Waals surface area (Å²) >= 11 is 0. The van der Waals surface area contributed by atoms with Gasteiger partial charge in [-0.05, 0) is 24.1 Å². The van der Waals surface area contributed by atoms with Crippen molar-refractivity contribution in [3.05, 3.63) is 29.3 Å². The van der Waals surface area contributed by atoms with Gasteiger partial charge in [0.25, 0.3) is 0 Å². The van der Waals surface area contributed by atoms with E-state index in [0.29, 0.717) is 5.56 Å². The molecule has 0 aromatic heterocycles. The van der Waals surface area contributed by atoms with E-state index in [2.05, 4.69) is 10.5 Å². The molecule has 0 aliphatic carbocycles. The Morgan fingerprint density at radius 1 is 1.67 bits per heavy atom. The van der Waals surface area contributed by atoms with Gasteiger partial charge in [0.2, 0.25) is 0 Å². The molecule has 1 aromatic carbocycles. The molecule has 1 rings (SSSR count). The Balaban J connectivity index is 2.83. The maximum Gasteiger partial charge on any atom is 0.332 e. The monoisotopic (exact) mass is 207 g/mol. The van der Waals surface area contributed by atoms with E-state index >= 15 is 0 Å². The highest BCUT2D eigenvalue weighted by Gasteiger charge is 1.99. The lowest BCUT2D eigenvalue weighted by Gasteiger charge is -2.01. The topological polar surface area (TPSA) is 87.7 Å². The largest absolute Gasteiger partial charge is 0.507 e. The zero-order valence-corrected chi connectivity index (χ0v) is 8.40. The van der Waals surface area contributed by atoms with Crippen LogP contribution < -0.4 is 11.2 Å². The number of rotatable bonds is 3. The number of primary amides is 1. The summed E-state index contributed by atoms with van der Waals surface area (Å²) in [5.74, 6) is 0.113. The van der Waals surface area contributed by atoms with Gasteiger partial charge in [-0.1, -0.05) is 13.0 Å². The standard InChI is InChI=1S/C10H13N3O2/c1-2-7-3-4-9(14)8(5-7)6-12-13-10(11)15/h3-6,14H,2H2,1H3,(H3,11,13,15).